The number of hydrogen-bond acceptors (Lipinski definition) is 5. The van der Waals surface area contributed by atoms with E-state index in [4.69, 9.17) is 4.74 Å². The number of nitrogens with one attached hydrogen (secondary N) is 1. The van der Waals surface area contributed by atoms with Gasteiger partial charge in [-0.2, -0.15) is 0 Å². The number of carbonyl (C=O) groups is 1. The lowest BCUT2D eigenvalue weighted by atomic mass is 9.95. The van der Waals surface area contributed by atoms with Crippen molar-refractivity contribution in [3.8, 4) is 17.1 Å². The number of carbonyl (C=O) groups excluding carboxylic acids is 1. The van der Waals surface area contributed by atoms with Gasteiger partial charge in [0.05, 0.1) is 24.4 Å². The Bertz CT molecular complexity index is 1070. The Balaban J connectivity index is 1.38. The van der Waals surface area contributed by atoms with Gasteiger partial charge in [-0.1, -0.05) is 18.2 Å². The number of pyridine rings is 1. The van der Waals surface area contributed by atoms with Gasteiger partial charge in [-0.05, 0) is 49.6 Å². The number of nitrogens with zero attached hydrogens (tertiary/aromatic N) is 3. The summed E-state index contributed by atoms with van der Waals surface area (Å²) in [7, 11) is 0. The van der Waals surface area contributed by atoms with Crippen molar-refractivity contribution in [2.75, 3.05) is 19.7 Å². The van der Waals surface area contributed by atoms with Crippen LogP contribution in [0.25, 0.3) is 11.4 Å². The van der Waals surface area contributed by atoms with Crippen LogP contribution in [0.1, 0.15) is 37.1 Å². The van der Waals surface area contributed by atoms with Crippen LogP contribution in [-0.4, -0.2) is 45.5 Å². The number of benzene rings is 1. The van der Waals surface area contributed by atoms with Gasteiger partial charge in [-0.15, -0.1) is 0 Å². The molecule has 1 aromatic carbocycles. The summed E-state index contributed by atoms with van der Waals surface area (Å²) in [6.45, 7) is 3.87. The number of hydrogen-bond donors (Lipinski definition) is 1. The summed E-state index contributed by atoms with van der Waals surface area (Å²) < 4.78 is 5.45. The van der Waals surface area contributed by atoms with Crippen LogP contribution in [0.15, 0.2) is 59.5 Å². The van der Waals surface area contributed by atoms with E-state index < -0.39 is 0 Å². The van der Waals surface area contributed by atoms with Crippen molar-refractivity contribution < 1.29 is 9.53 Å². The lowest BCUT2D eigenvalue weighted by Gasteiger charge is -2.31. The number of H-pyrrole nitrogens is 1. The van der Waals surface area contributed by atoms with Crippen LogP contribution in [0.3, 0.4) is 0 Å². The molecule has 7 heteroatoms. The van der Waals surface area contributed by atoms with Crippen LogP contribution in [0, 0.1) is 0 Å². The Hall–Kier alpha value is -3.48. The van der Waals surface area contributed by atoms with Gasteiger partial charge in [-0.25, -0.2) is 4.98 Å². The molecule has 0 unspecified atom stereocenters. The smallest absolute Gasteiger partial charge is 0.251 e. The minimum Gasteiger partial charge on any atom is -0.494 e. The molecule has 0 aliphatic carbocycles. The summed E-state index contributed by atoms with van der Waals surface area (Å²) in [6, 6.07) is 14.7. The molecule has 1 aliphatic heterocycles. The summed E-state index contributed by atoms with van der Waals surface area (Å²) in [6.07, 6.45) is 3.60. The average Bonchev–Trinajstić information content (AvgIpc) is 2.81. The molecule has 0 radical (unpaired) electrons. The lowest BCUT2D eigenvalue weighted by Crippen LogP contribution is -2.39. The fraction of sp³-hybridized carbons (Fsp3) is 0.333. The molecule has 160 valence electrons. The minimum absolute atomic E-state index is 0.117. The zero-order valence-corrected chi connectivity index (χ0v) is 17.6. The number of piperidine rings is 1. The van der Waals surface area contributed by atoms with Crippen LogP contribution in [0.5, 0.6) is 5.75 Å². The highest BCUT2D eigenvalue weighted by atomic mass is 16.5. The number of aromatic nitrogens is 3. The predicted octanol–water partition coefficient (Wildman–Crippen LogP) is 3.18. The Labute approximate surface area is 181 Å². The fourth-order valence-corrected chi connectivity index (χ4v) is 3.87. The highest BCUT2D eigenvalue weighted by molar-refractivity contribution is 5.79. The molecule has 1 amide bonds. The quantitative estimate of drug-likeness (QED) is 0.664. The third-order valence-corrected chi connectivity index (χ3v) is 5.51. The van der Waals surface area contributed by atoms with E-state index in [1.165, 1.54) is 6.07 Å². The zero-order valence-electron chi connectivity index (χ0n) is 17.6. The van der Waals surface area contributed by atoms with E-state index in [1.807, 2.05) is 54.3 Å². The molecule has 0 atom stereocenters. The molecule has 31 heavy (non-hydrogen) atoms. The third kappa shape index (κ3) is 5.17. The molecular weight excluding hydrogens is 392 g/mol. The monoisotopic (exact) mass is 418 g/mol. The van der Waals surface area contributed by atoms with Crippen LogP contribution in [-0.2, 0) is 11.2 Å². The molecule has 2 aromatic heterocycles. The molecule has 1 aliphatic rings. The van der Waals surface area contributed by atoms with Crippen LogP contribution in [0.4, 0.5) is 0 Å². The van der Waals surface area contributed by atoms with E-state index in [9.17, 15) is 9.59 Å². The summed E-state index contributed by atoms with van der Waals surface area (Å²) in [5, 5.41) is 0. The van der Waals surface area contributed by atoms with Gasteiger partial charge >= 0.3 is 0 Å². The predicted molar refractivity (Wildman–Crippen MR) is 118 cm³/mol. The first-order valence-corrected chi connectivity index (χ1v) is 10.6. The van der Waals surface area contributed by atoms with Crippen molar-refractivity contribution in [2.24, 2.45) is 0 Å². The summed E-state index contributed by atoms with van der Waals surface area (Å²) in [5.74, 6) is 1.72. The van der Waals surface area contributed by atoms with E-state index in [2.05, 4.69) is 15.0 Å². The number of rotatable bonds is 6. The molecule has 0 saturated carbocycles. The van der Waals surface area contributed by atoms with Gasteiger partial charge in [0, 0.05) is 31.3 Å². The number of likely N-dealkylation sites (tertiary alicyclic amines) is 1. The van der Waals surface area contributed by atoms with Gasteiger partial charge in [-0.3, -0.25) is 14.6 Å². The third-order valence-electron chi connectivity index (χ3n) is 5.51. The normalized spacial score (nSPS) is 14.4. The molecule has 0 spiro atoms. The molecule has 1 N–H and O–H groups in total. The van der Waals surface area contributed by atoms with Crippen molar-refractivity contribution >= 4 is 5.91 Å². The van der Waals surface area contributed by atoms with Crippen molar-refractivity contribution in [1.82, 2.24) is 19.9 Å². The molecule has 7 nitrogen and oxygen atoms in total. The largest absolute Gasteiger partial charge is 0.494 e. The molecule has 4 rings (SSSR count). The maximum Gasteiger partial charge on any atom is 0.251 e. The second-order valence-corrected chi connectivity index (χ2v) is 7.64. The van der Waals surface area contributed by atoms with Crippen LogP contribution < -0.4 is 10.3 Å². The highest BCUT2D eigenvalue weighted by Crippen LogP contribution is 2.26. The van der Waals surface area contributed by atoms with E-state index in [-0.39, 0.29) is 17.4 Å². The fourth-order valence-electron chi connectivity index (χ4n) is 3.87. The molecule has 1 saturated heterocycles. The van der Waals surface area contributed by atoms with E-state index in [0.717, 1.165) is 24.2 Å². The van der Waals surface area contributed by atoms with Gasteiger partial charge < -0.3 is 14.6 Å². The van der Waals surface area contributed by atoms with Gasteiger partial charge in [0.2, 0.25) is 5.91 Å². The summed E-state index contributed by atoms with van der Waals surface area (Å²) in [4.78, 5) is 38.6. The number of amides is 1. The lowest BCUT2D eigenvalue weighted by molar-refractivity contribution is -0.131. The first-order chi connectivity index (χ1) is 15.1. The minimum atomic E-state index is -0.181. The maximum absolute atomic E-state index is 12.7. The highest BCUT2D eigenvalue weighted by Gasteiger charge is 2.25. The Morgan fingerprint density at radius 1 is 1.13 bits per heavy atom. The molecule has 1 fully saturated rings. The topological polar surface area (TPSA) is 88.2 Å². The maximum atomic E-state index is 12.7. The second kappa shape index (κ2) is 9.55. The average molecular weight is 418 g/mol. The van der Waals surface area contributed by atoms with Crippen molar-refractivity contribution in [3.63, 3.8) is 0 Å². The molecule has 0 bridgehead atoms. The first kappa shape index (κ1) is 20.8. The van der Waals surface area contributed by atoms with Crippen molar-refractivity contribution in [1.29, 1.82) is 0 Å². The van der Waals surface area contributed by atoms with E-state index in [0.29, 0.717) is 43.3 Å². The summed E-state index contributed by atoms with van der Waals surface area (Å²) in [5.41, 5.74) is 2.05. The standard InChI is InChI=1S/C24H26N4O3/c1-2-31-19-8-6-17(7-9-19)15-23(30)28-13-10-18(11-14-28)24-26-21(16-22(29)27-24)20-5-3-4-12-25-20/h3-9,12,16,18H,2,10-11,13-15H2,1H3,(H,26,27,29). The molecule has 3 aromatic rings. The van der Waals surface area contributed by atoms with Gasteiger partial charge in [0.1, 0.15) is 11.6 Å². The van der Waals surface area contributed by atoms with Crippen molar-refractivity contribution in [3.05, 3.63) is 76.5 Å². The Morgan fingerprint density at radius 2 is 1.90 bits per heavy atom. The van der Waals surface area contributed by atoms with Crippen LogP contribution >= 0.6 is 0 Å². The molecular formula is C24H26N4O3. The Morgan fingerprint density at radius 3 is 2.58 bits per heavy atom. The Kier molecular flexibility index (Phi) is 6.40. The number of ether oxygens (including phenoxy) is 1. The van der Waals surface area contributed by atoms with Crippen LogP contribution in [0.2, 0.25) is 0 Å². The van der Waals surface area contributed by atoms with Crippen molar-refractivity contribution in [2.45, 2.75) is 32.1 Å². The van der Waals surface area contributed by atoms with Gasteiger partial charge in [0.25, 0.3) is 5.56 Å². The summed E-state index contributed by atoms with van der Waals surface area (Å²) >= 11 is 0. The second-order valence-electron chi connectivity index (χ2n) is 7.64. The first-order valence-electron chi connectivity index (χ1n) is 10.6. The SMILES string of the molecule is CCOc1ccc(CC(=O)N2CCC(c3nc(-c4ccccn4)cc(=O)[nH]3)CC2)cc1. The van der Waals surface area contributed by atoms with E-state index in [1.54, 1.807) is 6.20 Å². The number of aromatic amines is 1. The van der Waals surface area contributed by atoms with E-state index >= 15 is 0 Å². The molecule has 3 heterocycles. The zero-order chi connectivity index (χ0) is 21.6. The van der Waals surface area contributed by atoms with Gasteiger partial charge in [0.15, 0.2) is 0 Å².